The summed E-state index contributed by atoms with van der Waals surface area (Å²) in [5.41, 5.74) is 2.49. The van der Waals surface area contributed by atoms with Crippen LogP contribution in [-0.4, -0.2) is 17.5 Å². The SMILES string of the molecule is O=C(Nc1ncc(-c2cccc(F)c2)c2c1OCC2)c1ccc(F)c(Cl)c1. The highest BCUT2D eigenvalue weighted by molar-refractivity contribution is 6.31. The predicted octanol–water partition coefficient (Wildman–Crippen LogP) is 4.87. The van der Waals surface area contributed by atoms with Gasteiger partial charge < -0.3 is 10.1 Å². The van der Waals surface area contributed by atoms with Crippen LogP contribution < -0.4 is 10.1 Å². The number of nitrogens with zero attached hydrogens (tertiary/aromatic N) is 1. The number of nitrogens with one attached hydrogen (secondary N) is 1. The Hall–Kier alpha value is -2.99. The van der Waals surface area contributed by atoms with E-state index in [1.165, 1.54) is 24.3 Å². The third-order valence-electron chi connectivity index (χ3n) is 4.28. The Morgan fingerprint density at radius 1 is 1.19 bits per heavy atom. The zero-order valence-electron chi connectivity index (χ0n) is 13.9. The molecule has 0 saturated heterocycles. The van der Waals surface area contributed by atoms with Gasteiger partial charge in [-0.05, 0) is 35.9 Å². The molecule has 136 valence electrons. The molecule has 1 N–H and O–H groups in total. The predicted molar refractivity (Wildman–Crippen MR) is 98.2 cm³/mol. The van der Waals surface area contributed by atoms with E-state index in [9.17, 15) is 13.6 Å². The van der Waals surface area contributed by atoms with Crippen LogP contribution >= 0.6 is 11.6 Å². The summed E-state index contributed by atoms with van der Waals surface area (Å²) in [6.45, 7) is 0.439. The summed E-state index contributed by atoms with van der Waals surface area (Å²) in [7, 11) is 0. The molecule has 0 bridgehead atoms. The van der Waals surface area contributed by atoms with E-state index < -0.39 is 11.7 Å². The molecule has 4 nitrogen and oxygen atoms in total. The van der Waals surface area contributed by atoms with E-state index in [4.69, 9.17) is 16.3 Å². The van der Waals surface area contributed by atoms with Gasteiger partial charge in [0.1, 0.15) is 11.6 Å². The maximum Gasteiger partial charge on any atom is 0.256 e. The van der Waals surface area contributed by atoms with E-state index in [1.807, 2.05) is 0 Å². The van der Waals surface area contributed by atoms with Crippen molar-refractivity contribution in [2.24, 2.45) is 0 Å². The molecule has 1 aliphatic heterocycles. The molecule has 0 saturated carbocycles. The maximum atomic E-state index is 13.6. The summed E-state index contributed by atoms with van der Waals surface area (Å²) in [4.78, 5) is 16.7. The fourth-order valence-corrected chi connectivity index (χ4v) is 3.18. The molecular formula is C20H13ClF2N2O2. The van der Waals surface area contributed by atoms with E-state index in [1.54, 1.807) is 18.3 Å². The third kappa shape index (κ3) is 3.36. The van der Waals surface area contributed by atoms with Gasteiger partial charge in [-0.2, -0.15) is 0 Å². The van der Waals surface area contributed by atoms with Crippen molar-refractivity contribution in [2.75, 3.05) is 11.9 Å². The molecule has 3 aromatic rings. The highest BCUT2D eigenvalue weighted by atomic mass is 35.5. The molecule has 0 fully saturated rings. The summed E-state index contributed by atoms with van der Waals surface area (Å²) in [5, 5.41) is 2.52. The molecule has 0 spiro atoms. The molecule has 0 unspecified atom stereocenters. The van der Waals surface area contributed by atoms with Gasteiger partial charge in [-0.3, -0.25) is 4.79 Å². The van der Waals surface area contributed by atoms with Crippen molar-refractivity contribution in [1.82, 2.24) is 4.98 Å². The summed E-state index contributed by atoms with van der Waals surface area (Å²) >= 11 is 5.73. The van der Waals surface area contributed by atoms with Gasteiger partial charge in [0, 0.05) is 29.3 Å². The normalized spacial score (nSPS) is 12.4. The average Bonchev–Trinajstić information content (AvgIpc) is 3.14. The number of ether oxygens (including phenoxy) is 1. The first kappa shape index (κ1) is 17.4. The van der Waals surface area contributed by atoms with Gasteiger partial charge in [-0.25, -0.2) is 13.8 Å². The van der Waals surface area contributed by atoms with E-state index in [2.05, 4.69) is 10.3 Å². The van der Waals surface area contributed by atoms with E-state index in [0.717, 1.165) is 17.2 Å². The monoisotopic (exact) mass is 386 g/mol. The van der Waals surface area contributed by atoms with Crippen LogP contribution in [0.25, 0.3) is 11.1 Å². The van der Waals surface area contributed by atoms with Crippen LogP contribution in [0.3, 0.4) is 0 Å². The van der Waals surface area contributed by atoms with Crippen LogP contribution in [-0.2, 0) is 6.42 Å². The molecule has 0 atom stereocenters. The standard InChI is InChI=1S/C20H13ClF2N2O2/c21-16-9-12(4-5-17(16)23)20(26)25-19-18-14(6-7-27-18)15(10-24-19)11-2-1-3-13(22)8-11/h1-5,8-10H,6-7H2,(H,24,25,26). The minimum Gasteiger partial charge on any atom is -0.489 e. The fourth-order valence-electron chi connectivity index (χ4n) is 3.00. The number of carbonyl (C=O) groups is 1. The minimum absolute atomic E-state index is 0.140. The Morgan fingerprint density at radius 3 is 2.81 bits per heavy atom. The number of anilines is 1. The van der Waals surface area contributed by atoms with Crippen LogP contribution in [0.4, 0.5) is 14.6 Å². The Balaban J connectivity index is 1.68. The largest absolute Gasteiger partial charge is 0.489 e. The van der Waals surface area contributed by atoms with Crippen LogP contribution in [0.1, 0.15) is 15.9 Å². The number of rotatable bonds is 3. The van der Waals surface area contributed by atoms with Crippen molar-refractivity contribution < 1.29 is 18.3 Å². The number of carbonyl (C=O) groups excluding carboxylic acids is 1. The number of halogens is 3. The summed E-state index contributed by atoms with van der Waals surface area (Å²) in [6, 6.07) is 9.91. The number of amides is 1. The number of hydrogen-bond acceptors (Lipinski definition) is 3. The molecule has 0 aliphatic carbocycles. The molecular weight excluding hydrogens is 374 g/mol. The highest BCUT2D eigenvalue weighted by Crippen LogP contribution is 2.39. The van der Waals surface area contributed by atoms with Crippen molar-refractivity contribution in [3.63, 3.8) is 0 Å². The van der Waals surface area contributed by atoms with Crippen molar-refractivity contribution in [3.05, 3.63) is 76.4 Å². The lowest BCUT2D eigenvalue weighted by molar-refractivity contribution is 0.102. The molecule has 4 rings (SSSR count). The Bertz CT molecular complexity index is 1060. The molecule has 27 heavy (non-hydrogen) atoms. The van der Waals surface area contributed by atoms with E-state index >= 15 is 0 Å². The lowest BCUT2D eigenvalue weighted by Gasteiger charge is -2.12. The Labute approximate surface area is 158 Å². The first-order valence-electron chi connectivity index (χ1n) is 8.20. The second-order valence-electron chi connectivity index (χ2n) is 6.02. The van der Waals surface area contributed by atoms with Crippen molar-refractivity contribution >= 4 is 23.3 Å². The van der Waals surface area contributed by atoms with Gasteiger partial charge >= 0.3 is 0 Å². The molecule has 1 aromatic heterocycles. The van der Waals surface area contributed by atoms with Crippen molar-refractivity contribution in [2.45, 2.75) is 6.42 Å². The second-order valence-corrected chi connectivity index (χ2v) is 6.43. The van der Waals surface area contributed by atoms with Gasteiger partial charge in [0.15, 0.2) is 11.6 Å². The lowest BCUT2D eigenvalue weighted by atomic mass is 10.00. The fraction of sp³-hybridized carbons (Fsp3) is 0.100. The first-order chi connectivity index (χ1) is 13.0. The Morgan fingerprint density at radius 2 is 2.04 bits per heavy atom. The second kappa shape index (κ2) is 6.96. The minimum atomic E-state index is -0.602. The van der Waals surface area contributed by atoms with Gasteiger partial charge in [-0.15, -0.1) is 0 Å². The number of pyridine rings is 1. The van der Waals surface area contributed by atoms with Crippen LogP contribution in [0.15, 0.2) is 48.7 Å². The summed E-state index contributed by atoms with van der Waals surface area (Å²) in [6.07, 6.45) is 2.20. The highest BCUT2D eigenvalue weighted by Gasteiger charge is 2.24. The zero-order valence-corrected chi connectivity index (χ0v) is 14.7. The molecule has 2 aromatic carbocycles. The molecule has 1 amide bonds. The molecule has 0 radical (unpaired) electrons. The van der Waals surface area contributed by atoms with E-state index in [0.29, 0.717) is 24.3 Å². The lowest BCUT2D eigenvalue weighted by Crippen LogP contribution is -2.14. The summed E-state index contributed by atoms with van der Waals surface area (Å²) < 4.78 is 32.5. The first-order valence-corrected chi connectivity index (χ1v) is 8.58. The van der Waals surface area contributed by atoms with Gasteiger partial charge in [-0.1, -0.05) is 23.7 Å². The van der Waals surface area contributed by atoms with E-state index in [-0.39, 0.29) is 22.2 Å². The molecule has 7 heteroatoms. The van der Waals surface area contributed by atoms with Gasteiger partial charge in [0.25, 0.3) is 5.91 Å². The third-order valence-corrected chi connectivity index (χ3v) is 4.57. The van der Waals surface area contributed by atoms with Crippen molar-refractivity contribution in [3.8, 4) is 16.9 Å². The van der Waals surface area contributed by atoms with Crippen LogP contribution in [0.2, 0.25) is 5.02 Å². The number of benzene rings is 2. The topological polar surface area (TPSA) is 51.2 Å². The number of aromatic nitrogens is 1. The summed E-state index contributed by atoms with van der Waals surface area (Å²) in [5.74, 6) is -0.715. The van der Waals surface area contributed by atoms with Crippen molar-refractivity contribution in [1.29, 1.82) is 0 Å². The van der Waals surface area contributed by atoms with Gasteiger partial charge in [0.05, 0.1) is 11.6 Å². The molecule has 1 aliphatic rings. The number of fused-ring (bicyclic) bond motifs is 1. The average molecular weight is 387 g/mol. The maximum absolute atomic E-state index is 13.6. The Kier molecular flexibility index (Phi) is 4.49. The number of hydrogen-bond donors (Lipinski definition) is 1. The van der Waals surface area contributed by atoms with Gasteiger partial charge in [0.2, 0.25) is 0 Å². The quantitative estimate of drug-likeness (QED) is 0.698. The smallest absolute Gasteiger partial charge is 0.256 e. The van der Waals surface area contributed by atoms with Crippen LogP contribution in [0.5, 0.6) is 5.75 Å². The van der Waals surface area contributed by atoms with Crippen LogP contribution in [0, 0.1) is 11.6 Å². The zero-order chi connectivity index (χ0) is 19.0. The molecule has 2 heterocycles.